The van der Waals surface area contributed by atoms with E-state index < -0.39 is 0 Å². The monoisotopic (exact) mass is 280 g/mol. The molecule has 2 aromatic rings. The molecule has 0 fully saturated rings. The Balaban J connectivity index is 1.99. The van der Waals surface area contributed by atoms with Gasteiger partial charge in [0.05, 0.1) is 10.6 Å². The van der Waals surface area contributed by atoms with Crippen LogP contribution >= 0.6 is 22.9 Å². The minimum Gasteiger partial charge on any atom is -0.341 e. The van der Waals surface area contributed by atoms with Gasteiger partial charge in [-0.3, -0.25) is 9.78 Å². The summed E-state index contributed by atoms with van der Waals surface area (Å²) in [5.74, 6) is -0.0929. The van der Waals surface area contributed by atoms with Crippen LogP contribution in [0.15, 0.2) is 36.0 Å². The number of halogens is 1. The van der Waals surface area contributed by atoms with Gasteiger partial charge in [-0.05, 0) is 23.9 Å². The third kappa shape index (κ3) is 3.09. The third-order valence-electron chi connectivity index (χ3n) is 2.62. The van der Waals surface area contributed by atoms with Crippen LogP contribution in [0.1, 0.15) is 15.2 Å². The predicted molar refractivity (Wildman–Crippen MR) is 74.2 cm³/mol. The Hall–Kier alpha value is -1.39. The average molecular weight is 281 g/mol. The zero-order valence-corrected chi connectivity index (χ0v) is 11.5. The molecule has 2 rings (SSSR count). The first-order chi connectivity index (χ1) is 8.68. The molecule has 0 aliphatic rings. The largest absolute Gasteiger partial charge is 0.341 e. The summed E-state index contributed by atoms with van der Waals surface area (Å²) in [4.78, 5) is 19.0. The van der Waals surface area contributed by atoms with Crippen LogP contribution in [0.5, 0.6) is 0 Å². The molecule has 0 aliphatic carbocycles. The van der Waals surface area contributed by atoms with Crippen molar-refractivity contribution in [3.05, 3.63) is 51.4 Å². The lowest BCUT2D eigenvalue weighted by Crippen LogP contribution is -2.29. The van der Waals surface area contributed by atoms with Crippen LogP contribution in [0, 0.1) is 0 Å². The van der Waals surface area contributed by atoms with Crippen molar-refractivity contribution in [2.75, 3.05) is 13.6 Å². The van der Waals surface area contributed by atoms with E-state index in [0.717, 1.165) is 6.42 Å². The molecule has 94 valence electrons. The number of rotatable bonds is 4. The van der Waals surface area contributed by atoms with Gasteiger partial charge in [-0.25, -0.2) is 0 Å². The SMILES string of the molecule is CN(CCc1cccs1)C(=O)c1cnccc1Cl. The number of thiophene rings is 1. The molecule has 0 radical (unpaired) electrons. The van der Waals surface area contributed by atoms with Crippen molar-refractivity contribution in [1.82, 2.24) is 9.88 Å². The van der Waals surface area contributed by atoms with Gasteiger partial charge in [-0.1, -0.05) is 17.7 Å². The number of nitrogens with zero attached hydrogens (tertiary/aromatic N) is 2. The Labute approximate surface area is 115 Å². The van der Waals surface area contributed by atoms with Crippen molar-refractivity contribution in [2.24, 2.45) is 0 Å². The van der Waals surface area contributed by atoms with Crippen LogP contribution in [0.3, 0.4) is 0 Å². The van der Waals surface area contributed by atoms with E-state index in [1.165, 1.54) is 11.1 Å². The number of carbonyl (C=O) groups is 1. The standard InChI is InChI=1S/C13H13ClN2OS/c1-16(7-5-10-3-2-8-18-10)13(17)11-9-15-6-4-12(11)14/h2-4,6,8-9H,5,7H2,1H3. The lowest BCUT2D eigenvalue weighted by Gasteiger charge is -2.17. The Morgan fingerprint density at radius 1 is 1.50 bits per heavy atom. The molecular formula is C13H13ClN2OS. The van der Waals surface area contributed by atoms with Crippen molar-refractivity contribution < 1.29 is 4.79 Å². The Bertz CT molecular complexity index is 528. The smallest absolute Gasteiger partial charge is 0.256 e. The molecule has 2 aromatic heterocycles. The first kappa shape index (κ1) is 13.1. The second kappa shape index (κ2) is 5.98. The maximum Gasteiger partial charge on any atom is 0.256 e. The van der Waals surface area contributed by atoms with Crippen molar-refractivity contribution >= 4 is 28.8 Å². The third-order valence-corrected chi connectivity index (χ3v) is 3.88. The summed E-state index contributed by atoms with van der Waals surface area (Å²) < 4.78 is 0. The van der Waals surface area contributed by atoms with E-state index in [1.807, 2.05) is 11.4 Å². The molecule has 5 heteroatoms. The van der Waals surface area contributed by atoms with E-state index in [0.29, 0.717) is 17.1 Å². The fourth-order valence-electron chi connectivity index (χ4n) is 1.57. The lowest BCUT2D eigenvalue weighted by atomic mass is 10.2. The summed E-state index contributed by atoms with van der Waals surface area (Å²) in [7, 11) is 1.78. The average Bonchev–Trinajstić information content (AvgIpc) is 2.89. The topological polar surface area (TPSA) is 33.2 Å². The summed E-state index contributed by atoms with van der Waals surface area (Å²) in [6, 6.07) is 5.71. The number of carbonyl (C=O) groups excluding carboxylic acids is 1. The molecule has 0 unspecified atom stereocenters. The van der Waals surface area contributed by atoms with Gasteiger partial charge in [0, 0.05) is 30.9 Å². The maximum absolute atomic E-state index is 12.1. The lowest BCUT2D eigenvalue weighted by molar-refractivity contribution is 0.0796. The number of amides is 1. The van der Waals surface area contributed by atoms with Crippen LogP contribution < -0.4 is 0 Å². The summed E-state index contributed by atoms with van der Waals surface area (Å²) in [6.45, 7) is 0.671. The first-order valence-electron chi connectivity index (χ1n) is 5.56. The highest BCUT2D eigenvalue weighted by molar-refractivity contribution is 7.09. The van der Waals surface area contributed by atoms with Crippen LogP contribution in [0.4, 0.5) is 0 Å². The van der Waals surface area contributed by atoms with Crippen LogP contribution in [-0.2, 0) is 6.42 Å². The highest BCUT2D eigenvalue weighted by Crippen LogP contribution is 2.16. The van der Waals surface area contributed by atoms with Crippen molar-refractivity contribution in [3.8, 4) is 0 Å². The molecule has 0 saturated carbocycles. The molecule has 0 aliphatic heterocycles. The molecule has 2 heterocycles. The van der Waals surface area contributed by atoms with Gasteiger partial charge in [-0.2, -0.15) is 0 Å². The van der Waals surface area contributed by atoms with E-state index in [-0.39, 0.29) is 5.91 Å². The zero-order valence-electron chi connectivity index (χ0n) is 9.97. The molecule has 0 saturated heterocycles. The van der Waals surface area contributed by atoms with E-state index in [1.54, 1.807) is 35.5 Å². The molecule has 0 aromatic carbocycles. The van der Waals surface area contributed by atoms with Gasteiger partial charge in [-0.15, -0.1) is 11.3 Å². The minimum atomic E-state index is -0.0929. The molecular weight excluding hydrogens is 268 g/mol. The highest BCUT2D eigenvalue weighted by Gasteiger charge is 2.14. The summed E-state index contributed by atoms with van der Waals surface area (Å²) >= 11 is 7.68. The fourth-order valence-corrected chi connectivity index (χ4v) is 2.46. The summed E-state index contributed by atoms with van der Waals surface area (Å²) in [5, 5.41) is 2.48. The molecule has 0 N–H and O–H groups in total. The Morgan fingerprint density at radius 3 is 3.00 bits per heavy atom. The van der Waals surface area contributed by atoms with Gasteiger partial charge in [0.15, 0.2) is 0 Å². The van der Waals surface area contributed by atoms with E-state index in [2.05, 4.69) is 11.1 Å². The van der Waals surface area contributed by atoms with Gasteiger partial charge < -0.3 is 4.90 Å². The number of pyridine rings is 1. The zero-order chi connectivity index (χ0) is 13.0. The summed E-state index contributed by atoms with van der Waals surface area (Å²) in [5.41, 5.74) is 0.452. The molecule has 1 amide bonds. The molecule has 0 spiro atoms. The van der Waals surface area contributed by atoms with Crippen LogP contribution in [0.25, 0.3) is 0 Å². The fraction of sp³-hybridized carbons (Fsp3) is 0.231. The molecule has 18 heavy (non-hydrogen) atoms. The number of hydrogen-bond donors (Lipinski definition) is 0. The Kier molecular flexibility index (Phi) is 4.33. The van der Waals surface area contributed by atoms with E-state index in [4.69, 9.17) is 11.6 Å². The number of hydrogen-bond acceptors (Lipinski definition) is 3. The van der Waals surface area contributed by atoms with Gasteiger partial charge in [0.2, 0.25) is 0 Å². The highest BCUT2D eigenvalue weighted by atomic mass is 35.5. The van der Waals surface area contributed by atoms with Crippen LogP contribution in [-0.4, -0.2) is 29.4 Å². The van der Waals surface area contributed by atoms with E-state index >= 15 is 0 Å². The maximum atomic E-state index is 12.1. The van der Waals surface area contributed by atoms with E-state index in [9.17, 15) is 4.79 Å². The summed E-state index contributed by atoms with van der Waals surface area (Å²) in [6.07, 6.45) is 3.94. The second-order valence-electron chi connectivity index (χ2n) is 3.91. The minimum absolute atomic E-state index is 0.0929. The number of likely N-dealkylation sites (N-methyl/N-ethyl adjacent to an activating group) is 1. The van der Waals surface area contributed by atoms with Gasteiger partial charge in [0.25, 0.3) is 5.91 Å². The van der Waals surface area contributed by atoms with Crippen molar-refractivity contribution in [2.45, 2.75) is 6.42 Å². The van der Waals surface area contributed by atoms with Crippen LogP contribution in [0.2, 0.25) is 5.02 Å². The Morgan fingerprint density at radius 2 is 2.33 bits per heavy atom. The second-order valence-corrected chi connectivity index (χ2v) is 5.35. The van der Waals surface area contributed by atoms with Gasteiger partial charge in [0.1, 0.15) is 0 Å². The van der Waals surface area contributed by atoms with Crippen molar-refractivity contribution in [3.63, 3.8) is 0 Å². The first-order valence-corrected chi connectivity index (χ1v) is 6.81. The number of aromatic nitrogens is 1. The molecule has 3 nitrogen and oxygen atoms in total. The van der Waals surface area contributed by atoms with Crippen molar-refractivity contribution in [1.29, 1.82) is 0 Å². The quantitative estimate of drug-likeness (QED) is 0.862. The molecule has 0 bridgehead atoms. The van der Waals surface area contributed by atoms with Gasteiger partial charge >= 0.3 is 0 Å². The predicted octanol–water partition coefficient (Wildman–Crippen LogP) is 3.11. The molecule has 0 atom stereocenters. The normalized spacial score (nSPS) is 10.3.